The molecule has 1 heterocycles. The summed E-state index contributed by atoms with van der Waals surface area (Å²) in [6.07, 6.45) is 7.76. The third-order valence-electron chi connectivity index (χ3n) is 1.78. The van der Waals surface area contributed by atoms with Gasteiger partial charge in [-0.2, -0.15) is 0 Å². The zero-order valence-electron chi connectivity index (χ0n) is 8.03. The van der Waals surface area contributed by atoms with Gasteiger partial charge in [0.25, 0.3) is 0 Å². The van der Waals surface area contributed by atoms with Crippen LogP contribution in [-0.2, 0) is 6.54 Å². The van der Waals surface area contributed by atoms with Gasteiger partial charge in [0.1, 0.15) is 0 Å². The fourth-order valence-corrected chi connectivity index (χ4v) is 1.09. The van der Waals surface area contributed by atoms with Gasteiger partial charge in [0.2, 0.25) is 5.78 Å². The molecule has 1 aromatic heterocycles. The Morgan fingerprint density at radius 1 is 1.62 bits per heavy atom. The van der Waals surface area contributed by atoms with Gasteiger partial charge in [0.15, 0.2) is 5.82 Å². The molecule has 0 aliphatic rings. The fourth-order valence-electron chi connectivity index (χ4n) is 1.09. The van der Waals surface area contributed by atoms with Crippen LogP contribution in [0.25, 0.3) is 0 Å². The van der Waals surface area contributed by atoms with E-state index in [1.54, 1.807) is 12.3 Å². The van der Waals surface area contributed by atoms with Gasteiger partial charge in [-0.1, -0.05) is 13.0 Å². The first kappa shape index (κ1) is 9.71. The van der Waals surface area contributed by atoms with E-state index in [1.165, 1.54) is 0 Å². The maximum atomic E-state index is 11.5. The van der Waals surface area contributed by atoms with E-state index >= 15 is 0 Å². The molecule has 0 atom stereocenters. The Morgan fingerprint density at radius 2 is 2.38 bits per heavy atom. The Kier molecular flexibility index (Phi) is 3.43. The van der Waals surface area contributed by atoms with E-state index in [0.717, 1.165) is 13.0 Å². The fraction of sp³-hybridized carbons (Fsp3) is 0.400. The van der Waals surface area contributed by atoms with Crippen LogP contribution < -0.4 is 0 Å². The second-order valence-corrected chi connectivity index (χ2v) is 2.71. The van der Waals surface area contributed by atoms with E-state index in [9.17, 15) is 4.79 Å². The molecule has 13 heavy (non-hydrogen) atoms. The molecule has 1 aromatic rings. The molecule has 0 aliphatic heterocycles. The van der Waals surface area contributed by atoms with Crippen LogP contribution in [0.5, 0.6) is 0 Å². The number of aryl methyl sites for hydroxylation is 1. The van der Waals surface area contributed by atoms with E-state index in [-0.39, 0.29) is 5.78 Å². The second-order valence-electron chi connectivity index (χ2n) is 2.71. The van der Waals surface area contributed by atoms with Crippen molar-refractivity contribution in [3.8, 4) is 0 Å². The minimum atomic E-state index is -0.0197. The summed E-state index contributed by atoms with van der Waals surface area (Å²) < 4.78 is 1.84. The number of ketones is 1. The Labute approximate surface area is 78.1 Å². The van der Waals surface area contributed by atoms with E-state index in [0.29, 0.717) is 5.82 Å². The standard InChI is InChI=1S/C10H14N2O/c1-3-5-6-9(13)10-11-7-8-12(10)4-2/h5-8H,3-4H2,1-2H3/b6-5+. The number of imidazole rings is 1. The topological polar surface area (TPSA) is 34.9 Å². The highest BCUT2D eigenvalue weighted by Gasteiger charge is 2.07. The number of rotatable bonds is 4. The summed E-state index contributed by atoms with van der Waals surface area (Å²) in [6.45, 7) is 4.76. The van der Waals surface area contributed by atoms with Crippen LogP contribution in [-0.4, -0.2) is 15.3 Å². The molecule has 0 radical (unpaired) electrons. The van der Waals surface area contributed by atoms with Crippen LogP contribution in [0.1, 0.15) is 30.9 Å². The van der Waals surface area contributed by atoms with Gasteiger partial charge in [0, 0.05) is 18.9 Å². The highest BCUT2D eigenvalue weighted by molar-refractivity contribution is 6.01. The lowest BCUT2D eigenvalue weighted by atomic mass is 10.3. The van der Waals surface area contributed by atoms with Crippen molar-refractivity contribution in [1.29, 1.82) is 0 Å². The monoisotopic (exact) mass is 178 g/mol. The molecule has 0 unspecified atom stereocenters. The normalized spacial score (nSPS) is 10.9. The maximum absolute atomic E-state index is 11.5. The maximum Gasteiger partial charge on any atom is 0.220 e. The summed E-state index contributed by atoms with van der Waals surface area (Å²) in [6, 6.07) is 0. The summed E-state index contributed by atoms with van der Waals surface area (Å²) in [5, 5.41) is 0. The third kappa shape index (κ3) is 2.28. The summed E-state index contributed by atoms with van der Waals surface area (Å²) in [4.78, 5) is 15.5. The van der Waals surface area contributed by atoms with E-state index < -0.39 is 0 Å². The Morgan fingerprint density at radius 3 is 3.00 bits per heavy atom. The van der Waals surface area contributed by atoms with Crippen LogP contribution >= 0.6 is 0 Å². The SMILES string of the molecule is CC/C=C/C(=O)c1nccn1CC. The predicted octanol–water partition coefficient (Wildman–Crippen LogP) is 2.05. The van der Waals surface area contributed by atoms with Crippen molar-refractivity contribution < 1.29 is 4.79 Å². The van der Waals surface area contributed by atoms with Crippen LogP contribution in [0.3, 0.4) is 0 Å². The lowest BCUT2D eigenvalue weighted by Gasteiger charge is -1.99. The van der Waals surface area contributed by atoms with E-state index in [4.69, 9.17) is 0 Å². The molecule has 1 rings (SSSR count). The van der Waals surface area contributed by atoms with Crippen LogP contribution in [0, 0.1) is 0 Å². The predicted molar refractivity (Wildman–Crippen MR) is 51.7 cm³/mol. The van der Waals surface area contributed by atoms with Gasteiger partial charge >= 0.3 is 0 Å². The van der Waals surface area contributed by atoms with Gasteiger partial charge in [-0.05, 0) is 19.4 Å². The Balaban J connectivity index is 2.82. The first-order valence-corrected chi connectivity index (χ1v) is 4.51. The highest BCUT2D eigenvalue weighted by Crippen LogP contribution is 2.00. The average molecular weight is 178 g/mol. The molecule has 0 aromatic carbocycles. The smallest absolute Gasteiger partial charge is 0.220 e. The molecule has 0 saturated heterocycles. The summed E-state index contributed by atoms with van der Waals surface area (Å²) in [7, 11) is 0. The molecule has 3 heteroatoms. The summed E-state index contributed by atoms with van der Waals surface area (Å²) in [5.41, 5.74) is 0. The van der Waals surface area contributed by atoms with Gasteiger partial charge in [-0.3, -0.25) is 4.79 Å². The van der Waals surface area contributed by atoms with Gasteiger partial charge < -0.3 is 4.57 Å². The summed E-state index contributed by atoms with van der Waals surface area (Å²) in [5.74, 6) is 0.501. The first-order valence-electron chi connectivity index (χ1n) is 4.51. The molecule has 0 aliphatic carbocycles. The molecule has 0 N–H and O–H groups in total. The molecule has 0 fully saturated rings. The van der Waals surface area contributed by atoms with Gasteiger partial charge in [-0.25, -0.2) is 4.98 Å². The quantitative estimate of drug-likeness (QED) is 0.522. The number of aromatic nitrogens is 2. The Hall–Kier alpha value is -1.38. The lowest BCUT2D eigenvalue weighted by molar-refractivity contribution is 0.103. The minimum Gasteiger partial charge on any atom is -0.329 e. The zero-order valence-corrected chi connectivity index (χ0v) is 8.03. The lowest BCUT2D eigenvalue weighted by Crippen LogP contribution is -2.06. The number of hydrogen-bond donors (Lipinski definition) is 0. The number of carbonyl (C=O) groups excluding carboxylic acids is 1. The largest absolute Gasteiger partial charge is 0.329 e. The van der Waals surface area contributed by atoms with Crippen molar-refractivity contribution >= 4 is 5.78 Å². The number of allylic oxidation sites excluding steroid dienone is 2. The van der Waals surface area contributed by atoms with Crippen LogP contribution in [0.4, 0.5) is 0 Å². The van der Waals surface area contributed by atoms with Gasteiger partial charge in [-0.15, -0.1) is 0 Å². The van der Waals surface area contributed by atoms with E-state index in [2.05, 4.69) is 4.98 Å². The average Bonchev–Trinajstić information content (AvgIpc) is 2.61. The van der Waals surface area contributed by atoms with Crippen molar-refractivity contribution in [1.82, 2.24) is 9.55 Å². The van der Waals surface area contributed by atoms with E-state index in [1.807, 2.05) is 30.7 Å². The number of nitrogens with zero attached hydrogens (tertiary/aromatic N) is 2. The van der Waals surface area contributed by atoms with Crippen LogP contribution in [0.15, 0.2) is 24.5 Å². The van der Waals surface area contributed by atoms with Crippen molar-refractivity contribution in [2.45, 2.75) is 26.8 Å². The first-order chi connectivity index (χ1) is 6.29. The van der Waals surface area contributed by atoms with Crippen molar-refractivity contribution in [2.75, 3.05) is 0 Å². The molecule has 70 valence electrons. The zero-order chi connectivity index (χ0) is 9.68. The van der Waals surface area contributed by atoms with Gasteiger partial charge in [0.05, 0.1) is 0 Å². The van der Waals surface area contributed by atoms with Crippen molar-refractivity contribution in [3.05, 3.63) is 30.4 Å². The Bertz CT molecular complexity index is 312. The molecular weight excluding hydrogens is 164 g/mol. The molecule has 0 saturated carbocycles. The number of hydrogen-bond acceptors (Lipinski definition) is 2. The molecular formula is C10H14N2O. The molecule has 0 bridgehead atoms. The second kappa shape index (κ2) is 4.60. The minimum absolute atomic E-state index is 0.0197. The third-order valence-corrected chi connectivity index (χ3v) is 1.78. The molecule has 0 spiro atoms. The van der Waals surface area contributed by atoms with Crippen molar-refractivity contribution in [3.63, 3.8) is 0 Å². The number of carbonyl (C=O) groups is 1. The highest BCUT2D eigenvalue weighted by atomic mass is 16.1. The van der Waals surface area contributed by atoms with Crippen LogP contribution in [0.2, 0.25) is 0 Å². The van der Waals surface area contributed by atoms with Crippen molar-refractivity contribution in [2.24, 2.45) is 0 Å². The summed E-state index contributed by atoms with van der Waals surface area (Å²) >= 11 is 0. The molecule has 0 amide bonds. The molecule has 3 nitrogen and oxygen atoms in total.